The summed E-state index contributed by atoms with van der Waals surface area (Å²) in [5, 5.41) is 8.08. The molecule has 1 aliphatic rings. The molecule has 0 saturated carbocycles. The van der Waals surface area contributed by atoms with Gasteiger partial charge in [-0.1, -0.05) is 6.58 Å². The molecule has 2 atom stereocenters. The zero-order chi connectivity index (χ0) is 15.2. The first-order valence-electron chi connectivity index (χ1n) is 6.50. The second-order valence-electron chi connectivity index (χ2n) is 4.68. The number of aromatic amines is 1. The van der Waals surface area contributed by atoms with Crippen molar-refractivity contribution in [3.05, 3.63) is 42.9 Å². The molecule has 0 bridgehead atoms. The SMILES string of the molecule is C=CN/C=C(\N)C[C@@H]1NC(=O)[C@H](Cc2c[nH]cn2)NC1=O. The van der Waals surface area contributed by atoms with Gasteiger partial charge >= 0.3 is 0 Å². The van der Waals surface area contributed by atoms with E-state index in [0.29, 0.717) is 17.8 Å². The Balaban J connectivity index is 1.94. The van der Waals surface area contributed by atoms with E-state index in [1.54, 1.807) is 6.20 Å². The van der Waals surface area contributed by atoms with Crippen LogP contribution in [-0.2, 0) is 16.0 Å². The molecule has 1 aromatic heterocycles. The molecule has 1 aromatic rings. The van der Waals surface area contributed by atoms with Crippen molar-refractivity contribution >= 4 is 11.8 Å². The van der Waals surface area contributed by atoms with Gasteiger partial charge in [0.25, 0.3) is 0 Å². The van der Waals surface area contributed by atoms with Gasteiger partial charge in [-0.3, -0.25) is 9.59 Å². The molecule has 0 radical (unpaired) electrons. The zero-order valence-corrected chi connectivity index (χ0v) is 11.4. The van der Waals surface area contributed by atoms with Crippen LogP contribution in [0.25, 0.3) is 0 Å². The summed E-state index contributed by atoms with van der Waals surface area (Å²) in [6.45, 7) is 3.48. The smallest absolute Gasteiger partial charge is 0.243 e. The summed E-state index contributed by atoms with van der Waals surface area (Å²) in [5.41, 5.74) is 6.91. The Morgan fingerprint density at radius 2 is 2.10 bits per heavy atom. The van der Waals surface area contributed by atoms with E-state index < -0.39 is 12.1 Å². The van der Waals surface area contributed by atoms with Gasteiger partial charge in [-0.25, -0.2) is 4.98 Å². The summed E-state index contributed by atoms with van der Waals surface area (Å²) in [7, 11) is 0. The molecule has 0 aromatic carbocycles. The number of piperazine rings is 1. The number of hydrogen-bond acceptors (Lipinski definition) is 5. The Bertz CT molecular complexity index is 551. The van der Waals surface area contributed by atoms with Gasteiger partial charge in [0.15, 0.2) is 0 Å². The lowest BCUT2D eigenvalue weighted by atomic mass is 10.0. The molecule has 8 heteroatoms. The second kappa shape index (κ2) is 6.60. The van der Waals surface area contributed by atoms with Crippen LogP contribution >= 0.6 is 0 Å². The van der Waals surface area contributed by atoms with Gasteiger partial charge in [-0.15, -0.1) is 0 Å². The normalized spacial score (nSPS) is 22.4. The standard InChI is InChI=1S/C13H18N6O2/c1-2-15-5-8(14)3-10-12(20)19-11(13(21)18-10)4-9-6-16-7-17-9/h2,5-7,10-11,15H,1,3-4,14H2,(H,16,17)(H,18,21)(H,19,20)/b8-5-/t10-,11-/m0/s1. The summed E-state index contributed by atoms with van der Waals surface area (Å²) in [6.07, 6.45) is 6.78. The summed E-state index contributed by atoms with van der Waals surface area (Å²) in [4.78, 5) is 30.9. The van der Waals surface area contributed by atoms with E-state index >= 15 is 0 Å². The average molecular weight is 290 g/mol. The van der Waals surface area contributed by atoms with E-state index in [2.05, 4.69) is 32.5 Å². The molecule has 2 heterocycles. The Morgan fingerprint density at radius 1 is 1.38 bits per heavy atom. The van der Waals surface area contributed by atoms with Gasteiger partial charge < -0.3 is 26.7 Å². The van der Waals surface area contributed by atoms with Crippen LogP contribution in [0.4, 0.5) is 0 Å². The number of aromatic nitrogens is 2. The van der Waals surface area contributed by atoms with E-state index in [-0.39, 0.29) is 18.2 Å². The maximum Gasteiger partial charge on any atom is 0.243 e. The van der Waals surface area contributed by atoms with Gasteiger partial charge in [-0.05, 0) is 6.20 Å². The molecule has 2 rings (SSSR count). The summed E-state index contributed by atoms with van der Waals surface area (Å²) < 4.78 is 0. The molecular formula is C13H18N6O2. The molecule has 1 aliphatic heterocycles. The lowest BCUT2D eigenvalue weighted by Gasteiger charge is -2.29. The van der Waals surface area contributed by atoms with Crippen molar-refractivity contribution in [2.45, 2.75) is 24.9 Å². The third kappa shape index (κ3) is 3.85. The number of hydrogen-bond donors (Lipinski definition) is 5. The molecule has 0 aliphatic carbocycles. The fourth-order valence-electron chi connectivity index (χ4n) is 2.04. The van der Waals surface area contributed by atoms with Crippen LogP contribution < -0.4 is 21.7 Å². The van der Waals surface area contributed by atoms with Crippen molar-refractivity contribution in [2.24, 2.45) is 5.73 Å². The van der Waals surface area contributed by atoms with E-state index in [4.69, 9.17) is 5.73 Å². The van der Waals surface area contributed by atoms with Crippen molar-refractivity contribution in [3.8, 4) is 0 Å². The fourth-order valence-corrected chi connectivity index (χ4v) is 2.04. The number of nitrogens with zero attached hydrogens (tertiary/aromatic N) is 1. The predicted octanol–water partition coefficient (Wildman–Crippen LogP) is -1.14. The number of carbonyl (C=O) groups excluding carboxylic acids is 2. The Kier molecular flexibility index (Phi) is 4.60. The van der Waals surface area contributed by atoms with Crippen molar-refractivity contribution in [3.63, 3.8) is 0 Å². The van der Waals surface area contributed by atoms with Crippen molar-refractivity contribution in [2.75, 3.05) is 0 Å². The van der Waals surface area contributed by atoms with Gasteiger partial charge in [-0.2, -0.15) is 0 Å². The van der Waals surface area contributed by atoms with Gasteiger partial charge in [0.1, 0.15) is 12.1 Å². The highest BCUT2D eigenvalue weighted by molar-refractivity contribution is 5.97. The largest absolute Gasteiger partial charge is 0.401 e. The van der Waals surface area contributed by atoms with E-state index in [9.17, 15) is 9.59 Å². The Hall–Kier alpha value is -2.77. The molecule has 0 unspecified atom stereocenters. The number of imidazole rings is 1. The number of nitrogens with one attached hydrogen (secondary N) is 4. The minimum Gasteiger partial charge on any atom is -0.401 e. The first-order chi connectivity index (χ1) is 10.1. The maximum atomic E-state index is 12.0. The Morgan fingerprint density at radius 3 is 2.76 bits per heavy atom. The Labute approximate surface area is 121 Å². The summed E-state index contributed by atoms with van der Waals surface area (Å²) >= 11 is 0. The number of amides is 2. The van der Waals surface area contributed by atoms with Crippen LogP contribution in [0.3, 0.4) is 0 Å². The second-order valence-corrected chi connectivity index (χ2v) is 4.68. The predicted molar refractivity (Wildman–Crippen MR) is 76.4 cm³/mol. The monoisotopic (exact) mass is 290 g/mol. The van der Waals surface area contributed by atoms with Crippen LogP contribution in [0.2, 0.25) is 0 Å². The lowest BCUT2D eigenvalue weighted by Crippen LogP contribution is -2.62. The molecule has 112 valence electrons. The van der Waals surface area contributed by atoms with E-state index in [1.165, 1.54) is 18.7 Å². The van der Waals surface area contributed by atoms with E-state index in [0.717, 1.165) is 0 Å². The summed E-state index contributed by atoms with van der Waals surface area (Å²) in [5.74, 6) is -0.503. The van der Waals surface area contributed by atoms with Crippen LogP contribution in [-0.4, -0.2) is 33.9 Å². The maximum absolute atomic E-state index is 12.0. The van der Waals surface area contributed by atoms with Gasteiger partial charge in [0.05, 0.1) is 12.0 Å². The minimum absolute atomic E-state index is 0.230. The topological polar surface area (TPSA) is 125 Å². The molecule has 8 nitrogen and oxygen atoms in total. The van der Waals surface area contributed by atoms with Gasteiger partial charge in [0, 0.05) is 30.9 Å². The molecule has 6 N–H and O–H groups in total. The highest BCUT2D eigenvalue weighted by Crippen LogP contribution is 2.08. The number of nitrogens with two attached hydrogens (primary N) is 1. The molecule has 1 fully saturated rings. The molecular weight excluding hydrogens is 272 g/mol. The summed E-state index contributed by atoms with van der Waals surface area (Å²) in [6, 6.07) is -1.29. The van der Waals surface area contributed by atoms with Crippen molar-refractivity contribution < 1.29 is 9.59 Å². The number of rotatable bonds is 6. The highest BCUT2D eigenvalue weighted by atomic mass is 16.2. The fraction of sp³-hybridized carbons (Fsp3) is 0.308. The zero-order valence-electron chi connectivity index (χ0n) is 11.4. The molecule has 2 amide bonds. The first kappa shape index (κ1) is 14.6. The quantitative estimate of drug-likeness (QED) is 0.453. The van der Waals surface area contributed by atoms with Crippen LogP contribution in [0.15, 0.2) is 37.2 Å². The molecule has 21 heavy (non-hydrogen) atoms. The minimum atomic E-state index is -0.671. The van der Waals surface area contributed by atoms with Crippen LogP contribution in [0.1, 0.15) is 12.1 Å². The lowest BCUT2D eigenvalue weighted by molar-refractivity contribution is -0.136. The third-order valence-electron chi connectivity index (χ3n) is 3.06. The number of H-pyrrole nitrogens is 1. The average Bonchev–Trinajstić information content (AvgIpc) is 2.95. The van der Waals surface area contributed by atoms with Crippen molar-refractivity contribution in [1.29, 1.82) is 0 Å². The third-order valence-corrected chi connectivity index (χ3v) is 3.06. The van der Waals surface area contributed by atoms with Crippen LogP contribution in [0.5, 0.6) is 0 Å². The number of carbonyl (C=O) groups is 2. The molecule has 1 saturated heterocycles. The van der Waals surface area contributed by atoms with E-state index in [1.807, 2.05) is 0 Å². The van der Waals surface area contributed by atoms with Gasteiger partial charge in [0.2, 0.25) is 11.8 Å². The van der Waals surface area contributed by atoms with Crippen molar-refractivity contribution in [1.82, 2.24) is 25.9 Å². The first-order valence-corrected chi connectivity index (χ1v) is 6.50. The van der Waals surface area contributed by atoms with Crippen LogP contribution in [0, 0.1) is 0 Å². The highest BCUT2D eigenvalue weighted by Gasteiger charge is 2.33. The molecule has 0 spiro atoms.